The Bertz CT molecular complexity index is 547. The second-order valence-corrected chi connectivity index (χ2v) is 5.99. The molecule has 1 heterocycles. The van der Waals surface area contributed by atoms with Gasteiger partial charge in [-0.25, -0.2) is 0 Å². The van der Waals surface area contributed by atoms with Crippen LogP contribution >= 0.6 is 11.6 Å². The van der Waals surface area contributed by atoms with Gasteiger partial charge in [0.1, 0.15) is 0 Å². The summed E-state index contributed by atoms with van der Waals surface area (Å²) in [5, 5.41) is 0.752. The molecule has 0 bridgehead atoms. The standard InChI is InChI=1S/C15H18ClNO/c1-15-8-7-14(18)17(2)13(15)6-3-10-9-11(16)4-5-12(10)15/h4-5,9,13H,3,6-8H2,1-2H3/i8D. The monoisotopic (exact) mass is 264 g/mol. The number of hydrogen-bond acceptors (Lipinski definition) is 1. The zero-order valence-electron chi connectivity index (χ0n) is 11.7. The van der Waals surface area contributed by atoms with Crippen molar-refractivity contribution in [3.8, 4) is 0 Å². The number of piperidine rings is 1. The molecule has 0 spiro atoms. The lowest BCUT2D eigenvalue weighted by Crippen LogP contribution is -2.56. The number of fused-ring (bicyclic) bond motifs is 3. The number of nitrogens with zero attached hydrogens (tertiary/aromatic N) is 1. The van der Waals surface area contributed by atoms with Crippen molar-refractivity contribution in [1.82, 2.24) is 4.90 Å². The molecule has 1 amide bonds. The number of amides is 1. The van der Waals surface area contributed by atoms with Crippen LogP contribution in [0.4, 0.5) is 0 Å². The third kappa shape index (κ3) is 1.58. The summed E-state index contributed by atoms with van der Waals surface area (Å²) in [6.45, 7) is 2.13. The topological polar surface area (TPSA) is 20.3 Å². The molecule has 18 heavy (non-hydrogen) atoms. The quantitative estimate of drug-likeness (QED) is 0.705. The Kier molecular flexibility index (Phi) is 2.41. The molecule has 3 unspecified atom stereocenters. The Morgan fingerprint density at radius 3 is 3.06 bits per heavy atom. The second kappa shape index (κ2) is 3.99. The van der Waals surface area contributed by atoms with Crippen LogP contribution in [0.25, 0.3) is 0 Å². The summed E-state index contributed by atoms with van der Waals surface area (Å²) in [4.78, 5) is 13.8. The van der Waals surface area contributed by atoms with Crippen molar-refractivity contribution in [3.63, 3.8) is 0 Å². The van der Waals surface area contributed by atoms with E-state index in [0.717, 1.165) is 17.9 Å². The van der Waals surface area contributed by atoms with Crippen LogP contribution < -0.4 is 0 Å². The van der Waals surface area contributed by atoms with Crippen LogP contribution in [0.5, 0.6) is 0 Å². The largest absolute Gasteiger partial charge is 0.342 e. The van der Waals surface area contributed by atoms with Crippen LogP contribution in [-0.2, 0) is 16.6 Å². The maximum absolute atomic E-state index is 12.0. The summed E-state index contributed by atoms with van der Waals surface area (Å²) < 4.78 is 8.42. The van der Waals surface area contributed by atoms with Gasteiger partial charge in [0.15, 0.2) is 0 Å². The number of halogens is 1. The summed E-state index contributed by atoms with van der Waals surface area (Å²) in [5.41, 5.74) is 2.17. The highest BCUT2D eigenvalue weighted by molar-refractivity contribution is 6.30. The minimum absolute atomic E-state index is 0.0971. The average Bonchev–Trinajstić information content (AvgIpc) is 2.36. The van der Waals surface area contributed by atoms with Gasteiger partial charge >= 0.3 is 0 Å². The minimum Gasteiger partial charge on any atom is -0.342 e. The van der Waals surface area contributed by atoms with Gasteiger partial charge in [-0.2, -0.15) is 0 Å². The maximum Gasteiger partial charge on any atom is 0.222 e. The average molecular weight is 265 g/mol. The van der Waals surface area contributed by atoms with E-state index >= 15 is 0 Å². The fraction of sp³-hybridized carbons (Fsp3) is 0.533. The van der Waals surface area contributed by atoms with E-state index in [9.17, 15) is 4.79 Å². The minimum atomic E-state index is -0.374. The van der Waals surface area contributed by atoms with Gasteiger partial charge in [-0.1, -0.05) is 24.6 Å². The van der Waals surface area contributed by atoms with E-state index in [1.807, 2.05) is 24.1 Å². The smallest absolute Gasteiger partial charge is 0.222 e. The fourth-order valence-electron chi connectivity index (χ4n) is 3.53. The Labute approximate surface area is 114 Å². The van der Waals surface area contributed by atoms with E-state index in [0.29, 0.717) is 6.42 Å². The molecule has 1 aromatic carbocycles. The number of benzene rings is 1. The van der Waals surface area contributed by atoms with E-state index < -0.39 is 0 Å². The lowest BCUT2D eigenvalue weighted by molar-refractivity contribution is -0.138. The van der Waals surface area contributed by atoms with Gasteiger partial charge in [0.25, 0.3) is 0 Å². The molecule has 3 atom stereocenters. The van der Waals surface area contributed by atoms with Crippen molar-refractivity contribution in [3.05, 3.63) is 34.3 Å². The molecule has 1 saturated heterocycles. The lowest BCUT2D eigenvalue weighted by atomic mass is 9.63. The molecule has 3 heteroatoms. The zero-order valence-corrected chi connectivity index (χ0v) is 11.5. The van der Waals surface area contributed by atoms with Crippen LogP contribution in [-0.4, -0.2) is 23.9 Å². The Hall–Kier alpha value is -1.02. The van der Waals surface area contributed by atoms with E-state index in [-0.39, 0.29) is 23.8 Å². The third-order valence-electron chi connectivity index (χ3n) is 4.59. The number of likely N-dealkylation sites (tertiary alicyclic amines) is 1. The molecule has 1 aromatic rings. The molecule has 1 aliphatic heterocycles. The van der Waals surface area contributed by atoms with Gasteiger partial charge in [0, 0.05) is 31.3 Å². The Morgan fingerprint density at radius 1 is 1.50 bits per heavy atom. The maximum atomic E-state index is 12.0. The molecule has 3 rings (SSSR count). The highest BCUT2D eigenvalue weighted by Gasteiger charge is 2.46. The SMILES string of the molecule is [2H]C1CC(=O)N(C)C2CCc3cc(Cl)ccc3C12C. The van der Waals surface area contributed by atoms with Crippen molar-refractivity contribution in [2.45, 2.75) is 44.0 Å². The summed E-state index contributed by atoms with van der Waals surface area (Å²) >= 11 is 6.07. The highest BCUT2D eigenvalue weighted by Crippen LogP contribution is 2.45. The van der Waals surface area contributed by atoms with Gasteiger partial charge in [-0.3, -0.25) is 4.79 Å². The first-order valence-electron chi connectivity index (χ1n) is 6.99. The van der Waals surface area contributed by atoms with E-state index in [2.05, 4.69) is 13.0 Å². The molecule has 0 radical (unpaired) electrons. The van der Waals surface area contributed by atoms with Gasteiger partial charge in [-0.05, 0) is 42.5 Å². The summed E-state index contributed by atoms with van der Waals surface area (Å²) in [6, 6.07) is 6.10. The molecule has 0 N–H and O–H groups in total. The predicted molar refractivity (Wildman–Crippen MR) is 72.9 cm³/mol. The molecule has 0 aromatic heterocycles. The normalized spacial score (nSPS) is 35.8. The molecule has 1 fully saturated rings. The van der Waals surface area contributed by atoms with Gasteiger partial charge in [0.2, 0.25) is 5.91 Å². The molecular weight excluding hydrogens is 246 g/mol. The first-order valence-corrected chi connectivity index (χ1v) is 6.79. The van der Waals surface area contributed by atoms with Gasteiger partial charge in [0.05, 0.1) is 0 Å². The molecule has 1 aliphatic carbocycles. The molecular formula is C15H18ClNO. The van der Waals surface area contributed by atoms with Crippen LogP contribution in [0.2, 0.25) is 5.02 Å². The predicted octanol–water partition coefficient (Wildman–Crippen LogP) is 3.16. The van der Waals surface area contributed by atoms with Crippen LogP contribution in [0.15, 0.2) is 18.2 Å². The Morgan fingerprint density at radius 2 is 2.28 bits per heavy atom. The molecule has 96 valence electrons. The zero-order chi connectivity index (χ0) is 13.8. The summed E-state index contributed by atoms with van der Waals surface area (Å²) in [6.07, 6.45) is 1.79. The highest BCUT2D eigenvalue weighted by atomic mass is 35.5. The number of rotatable bonds is 0. The summed E-state index contributed by atoms with van der Waals surface area (Å²) in [7, 11) is 1.87. The molecule has 2 aliphatic rings. The number of carbonyl (C=O) groups is 1. The molecule has 0 saturated carbocycles. The van der Waals surface area contributed by atoms with Gasteiger partial charge < -0.3 is 4.90 Å². The van der Waals surface area contributed by atoms with Crippen LogP contribution in [0, 0.1) is 0 Å². The van der Waals surface area contributed by atoms with Crippen molar-refractivity contribution in [2.24, 2.45) is 0 Å². The number of hydrogen-bond donors (Lipinski definition) is 0. The van der Waals surface area contributed by atoms with Crippen molar-refractivity contribution in [1.29, 1.82) is 0 Å². The fourth-order valence-corrected chi connectivity index (χ4v) is 3.72. The van der Waals surface area contributed by atoms with Crippen molar-refractivity contribution >= 4 is 17.5 Å². The van der Waals surface area contributed by atoms with E-state index in [1.165, 1.54) is 11.1 Å². The van der Waals surface area contributed by atoms with E-state index in [1.54, 1.807) is 0 Å². The summed E-state index contributed by atoms with van der Waals surface area (Å²) in [5.74, 6) is 0.0971. The molecule has 2 nitrogen and oxygen atoms in total. The van der Waals surface area contributed by atoms with Crippen molar-refractivity contribution < 1.29 is 6.17 Å². The second-order valence-electron chi connectivity index (χ2n) is 5.55. The Balaban J connectivity index is 2.14. The first kappa shape index (κ1) is 10.9. The lowest BCUT2D eigenvalue weighted by Gasteiger charge is -2.50. The van der Waals surface area contributed by atoms with Crippen LogP contribution in [0.3, 0.4) is 0 Å². The van der Waals surface area contributed by atoms with Gasteiger partial charge in [-0.15, -0.1) is 0 Å². The number of aryl methyl sites for hydroxylation is 1. The number of likely N-dealkylation sites (N-methyl/N-ethyl adjacent to an activating group) is 1. The number of carbonyl (C=O) groups excluding carboxylic acids is 1. The third-order valence-corrected chi connectivity index (χ3v) is 4.82. The van der Waals surface area contributed by atoms with Crippen LogP contribution in [0.1, 0.15) is 38.7 Å². The van der Waals surface area contributed by atoms with Crippen molar-refractivity contribution in [2.75, 3.05) is 7.05 Å². The van der Waals surface area contributed by atoms with E-state index in [4.69, 9.17) is 13.0 Å². The first-order chi connectivity index (χ1) is 8.94.